The molecule has 4 heterocycles. The van der Waals surface area contributed by atoms with Crippen LogP contribution in [0.5, 0.6) is 0 Å². The fourth-order valence-corrected chi connectivity index (χ4v) is 15.9. The zero-order valence-electron chi connectivity index (χ0n) is 34.2. The highest BCUT2D eigenvalue weighted by Crippen LogP contribution is 2.89. The second-order valence-electron chi connectivity index (χ2n) is 21.7. The maximum Gasteiger partial charge on any atom is 0.170 e. The first-order valence-corrected chi connectivity index (χ1v) is 21.9. The largest absolute Gasteiger partial charge is 0.388 e. The van der Waals surface area contributed by atoms with Crippen LogP contribution in [0.3, 0.4) is 0 Å². The lowest BCUT2D eigenvalue weighted by Crippen LogP contribution is -2.59. The molecule has 296 valence electrons. The Morgan fingerprint density at radius 1 is 0.885 bits per heavy atom. The number of fused-ring (bicyclic) bond motifs is 4. The first-order chi connectivity index (χ1) is 24.6. The second-order valence-corrected chi connectivity index (χ2v) is 21.7. The van der Waals surface area contributed by atoms with Gasteiger partial charge >= 0.3 is 0 Å². The average molecular weight is 727 g/mol. The van der Waals surface area contributed by atoms with E-state index in [0.29, 0.717) is 40.3 Å². The molecule has 5 saturated carbocycles. The number of hydrogen-bond donors (Lipinski definition) is 1. The Bertz CT molecular complexity index is 1330. The van der Waals surface area contributed by atoms with Crippen molar-refractivity contribution in [2.45, 2.75) is 149 Å². The molecule has 9 rings (SSSR count). The summed E-state index contributed by atoms with van der Waals surface area (Å²) in [7, 11) is 0. The van der Waals surface area contributed by atoms with Crippen LogP contribution in [-0.2, 0) is 23.7 Å². The van der Waals surface area contributed by atoms with Crippen molar-refractivity contribution >= 4 is 0 Å². The van der Waals surface area contributed by atoms with Crippen LogP contribution in [0.4, 0.5) is 0 Å². The molecule has 8 heteroatoms. The second kappa shape index (κ2) is 12.8. The summed E-state index contributed by atoms with van der Waals surface area (Å²) >= 11 is 0. The third kappa shape index (κ3) is 5.55. The van der Waals surface area contributed by atoms with Gasteiger partial charge in [-0.3, -0.25) is 4.90 Å². The van der Waals surface area contributed by atoms with E-state index in [0.717, 1.165) is 68.9 Å². The van der Waals surface area contributed by atoms with Crippen molar-refractivity contribution in [2.24, 2.45) is 62.6 Å². The Hall–Kier alpha value is -0.320. The molecule has 0 bridgehead atoms. The van der Waals surface area contributed by atoms with Crippen molar-refractivity contribution in [1.82, 2.24) is 9.80 Å². The minimum absolute atomic E-state index is 0.0121. The van der Waals surface area contributed by atoms with Crippen molar-refractivity contribution in [3.63, 3.8) is 0 Å². The SMILES string of the molecule is CCOC(C1CCC2C(CC3C4CCC5C(C)(C)C(OC6CN(CC7CN(CC8(C)COC8)C7)CCO6)CCC56C(C)C46CCC23C)O1)C(C)(C)O. The molecule has 0 aromatic heterocycles. The Labute approximate surface area is 315 Å². The fourth-order valence-electron chi connectivity index (χ4n) is 15.9. The standard InChI is InChI=1S/C44H74N2O6/c1-9-49-38(40(5,6)47)33-12-10-31-34(51-33)20-32-30-11-13-35-39(3,4)36(14-15-44(35)28(2)43(30,44)17-16-42(31,32)8)52-37-24-45(18-19-50-37)21-29-22-46(23-29)25-41(7)26-48-27-41/h28-38,47H,9-27H2,1-8H3. The third-order valence-electron chi connectivity index (χ3n) is 18.1. The monoisotopic (exact) mass is 727 g/mol. The summed E-state index contributed by atoms with van der Waals surface area (Å²) in [6, 6.07) is 0. The van der Waals surface area contributed by atoms with Gasteiger partial charge in [-0.05, 0) is 136 Å². The number of morpholine rings is 1. The molecule has 0 amide bonds. The van der Waals surface area contributed by atoms with Gasteiger partial charge in [0.15, 0.2) is 6.29 Å². The Morgan fingerprint density at radius 2 is 1.65 bits per heavy atom. The van der Waals surface area contributed by atoms with E-state index in [2.05, 4.69) is 44.4 Å². The summed E-state index contributed by atoms with van der Waals surface area (Å²) in [5.41, 5.74) is 0.963. The molecule has 9 aliphatic rings. The Kier molecular flexibility index (Phi) is 9.21. The lowest BCUT2D eigenvalue weighted by atomic mass is 9.46. The maximum atomic E-state index is 11.0. The number of ether oxygens (including phenoxy) is 5. The Morgan fingerprint density at radius 3 is 2.37 bits per heavy atom. The number of likely N-dealkylation sites (tertiary alicyclic amines) is 1. The van der Waals surface area contributed by atoms with E-state index < -0.39 is 5.60 Å². The van der Waals surface area contributed by atoms with Gasteiger partial charge in [0, 0.05) is 51.3 Å². The van der Waals surface area contributed by atoms with E-state index in [1.54, 1.807) is 0 Å². The van der Waals surface area contributed by atoms with Crippen LogP contribution >= 0.6 is 0 Å². The minimum atomic E-state index is -0.901. The molecule has 2 spiro atoms. The molecule has 0 aromatic carbocycles. The first kappa shape index (κ1) is 37.3. The summed E-state index contributed by atoms with van der Waals surface area (Å²) in [4.78, 5) is 5.27. The molecular formula is C44H74N2O6. The van der Waals surface area contributed by atoms with E-state index in [1.807, 2.05) is 20.8 Å². The van der Waals surface area contributed by atoms with Gasteiger partial charge in [0.05, 0.1) is 43.7 Å². The minimum Gasteiger partial charge on any atom is -0.388 e. The predicted molar refractivity (Wildman–Crippen MR) is 202 cm³/mol. The van der Waals surface area contributed by atoms with Gasteiger partial charge in [-0.2, -0.15) is 0 Å². The highest BCUT2D eigenvalue weighted by molar-refractivity contribution is 5.32. The quantitative estimate of drug-likeness (QED) is 0.269. The number of hydrogen-bond acceptors (Lipinski definition) is 8. The summed E-state index contributed by atoms with van der Waals surface area (Å²) in [5, 5.41) is 11.0. The summed E-state index contributed by atoms with van der Waals surface area (Å²) in [5.74, 6) is 4.51. The van der Waals surface area contributed by atoms with Crippen LogP contribution < -0.4 is 0 Å². The van der Waals surface area contributed by atoms with Crippen LogP contribution in [-0.4, -0.2) is 117 Å². The first-order valence-electron chi connectivity index (χ1n) is 21.9. The molecule has 0 aromatic rings. The molecule has 9 fully saturated rings. The fraction of sp³-hybridized carbons (Fsp3) is 1.00. The lowest BCUT2D eigenvalue weighted by molar-refractivity contribution is -0.246. The average Bonchev–Trinajstić information content (AvgIpc) is 3.44. The molecule has 5 aliphatic carbocycles. The van der Waals surface area contributed by atoms with Gasteiger partial charge in [-0.1, -0.05) is 34.6 Å². The van der Waals surface area contributed by atoms with Crippen LogP contribution in [0.2, 0.25) is 0 Å². The van der Waals surface area contributed by atoms with Crippen molar-refractivity contribution in [3.05, 3.63) is 0 Å². The van der Waals surface area contributed by atoms with Gasteiger partial charge in [0.25, 0.3) is 0 Å². The van der Waals surface area contributed by atoms with Gasteiger partial charge in [-0.25, -0.2) is 0 Å². The molecular weight excluding hydrogens is 652 g/mol. The highest BCUT2D eigenvalue weighted by atomic mass is 16.7. The molecule has 13 unspecified atom stereocenters. The van der Waals surface area contributed by atoms with Crippen molar-refractivity contribution < 1.29 is 28.8 Å². The van der Waals surface area contributed by atoms with Crippen LogP contribution in [0.15, 0.2) is 0 Å². The van der Waals surface area contributed by atoms with Crippen molar-refractivity contribution in [3.8, 4) is 0 Å². The normalized spacial score (nSPS) is 49.0. The summed E-state index contributed by atoms with van der Waals surface area (Å²) in [6.07, 6.45) is 11.6. The zero-order valence-corrected chi connectivity index (χ0v) is 34.2. The van der Waals surface area contributed by atoms with Crippen LogP contribution in [0.25, 0.3) is 0 Å². The number of rotatable bonds is 10. The maximum absolute atomic E-state index is 11.0. The van der Waals surface area contributed by atoms with E-state index in [1.165, 1.54) is 77.5 Å². The number of aliphatic hydroxyl groups is 1. The van der Waals surface area contributed by atoms with Gasteiger partial charge in [0.2, 0.25) is 0 Å². The summed E-state index contributed by atoms with van der Waals surface area (Å²) in [6.45, 7) is 28.7. The van der Waals surface area contributed by atoms with Gasteiger partial charge in [-0.15, -0.1) is 0 Å². The van der Waals surface area contributed by atoms with Crippen LogP contribution in [0, 0.1) is 62.6 Å². The Balaban J connectivity index is 0.839. The topological polar surface area (TPSA) is 72.9 Å². The van der Waals surface area contributed by atoms with E-state index in [4.69, 9.17) is 23.7 Å². The van der Waals surface area contributed by atoms with E-state index in [9.17, 15) is 5.11 Å². The van der Waals surface area contributed by atoms with Gasteiger partial charge in [0.1, 0.15) is 6.10 Å². The number of nitrogens with zero attached hydrogens (tertiary/aromatic N) is 2. The zero-order chi connectivity index (χ0) is 36.5. The van der Waals surface area contributed by atoms with Crippen LogP contribution in [0.1, 0.15) is 113 Å². The molecule has 4 aliphatic heterocycles. The molecule has 4 saturated heterocycles. The van der Waals surface area contributed by atoms with E-state index in [-0.39, 0.29) is 30.0 Å². The predicted octanol–water partition coefficient (Wildman–Crippen LogP) is 6.63. The lowest BCUT2D eigenvalue weighted by Gasteiger charge is -2.60. The van der Waals surface area contributed by atoms with E-state index >= 15 is 0 Å². The van der Waals surface area contributed by atoms with Crippen molar-refractivity contribution in [1.29, 1.82) is 0 Å². The molecule has 13 atom stereocenters. The highest BCUT2D eigenvalue weighted by Gasteiger charge is 2.84. The van der Waals surface area contributed by atoms with Crippen molar-refractivity contribution in [2.75, 3.05) is 65.7 Å². The molecule has 1 N–H and O–H groups in total. The molecule has 8 nitrogen and oxygen atoms in total. The van der Waals surface area contributed by atoms with Gasteiger partial charge < -0.3 is 33.7 Å². The third-order valence-corrected chi connectivity index (χ3v) is 18.1. The molecule has 0 radical (unpaired) electrons. The summed E-state index contributed by atoms with van der Waals surface area (Å²) < 4.78 is 32.1. The molecule has 52 heavy (non-hydrogen) atoms. The smallest absolute Gasteiger partial charge is 0.170 e.